The predicted molar refractivity (Wildman–Crippen MR) is 111 cm³/mol. The molecule has 0 aliphatic rings. The second-order valence-electron chi connectivity index (χ2n) is 8.03. The number of ether oxygens (including phenoxy) is 2. The highest BCUT2D eigenvalue weighted by Gasteiger charge is 2.22. The summed E-state index contributed by atoms with van der Waals surface area (Å²) in [6.07, 6.45) is -0.852. The van der Waals surface area contributed by atoms with Gasteiger partial charge in [0.25, 0.3) is 5.91 Å². The van der Waals surface area contributed by atoms with E-state index in [2.05, 4.69) is 26.1 Å². The summed E-state index contributed by atoms with van der Waals surface area (Å²) in [5.74, 6) is 0.0500. The highest BCUT2D eigenvalue weighted by molar-refractivity contribution is 5.95. The van der Waals surface area contributed by atoms with Gasteiger partial charge in [-0.15, -0.1) is 0 Å². The lowest BCUT2D eigenvalue weighted by Gasteiger charge is -2.24. The molecule has 0 saturated carbocycles. The van der Waals surface area contributed by atoms with Gasteiger partial charge < -0.3 is 14.8 Å². The van der Waals surface area contributed by atoms with Crippen LogP contribution in [0.1, 0.15) is 57.5 Å². The van der Waals surface area contributed by atoms with Crippen molar-refractivity contribution >= 4 is 17.6 Å². The normalized spacial score (nSPS) is 12.4. The molecule has 0 fully saturated rings. The van der Waals surface area contributed by atoms with Crippen molar-refractivity contribution < 1.29 is 19.1 Å². The molecule has 5 heteroatoms. The maximum absolute atomic E-state index is 12.5. The first-order chi connectivity index (χ1) is 13.1. The summed E-state index contributed by atoms with van der Waals surface area (Å²) in [5, 5.41) is 2.81. The SMILES string of the molecule is CC(C)OC(=O)c1ccc(NC(=O)C(C)Oc2ccccc2C(C)(C)C)cc1. The van der Waals surface area contributed by atoms with Gasteiger partial charge in [0.05, 0.1) is 11.7 Å². The first-order valence-corrected chi connectivity index (χ1v) is 9.46. The van der Waals surface area contributed by atoms with Gasteiger partial charge in [-0.2, -0.15) is 0 Å². The zero-order valence-electron chi connectivity index (χ0n) is 17.4. The van der Waals surface area contributed by atoms with Gasteiger partial charge >= 0.3 is 5.97 Å². The van der Waals surface area contributed by atoms with E-state index >= 15 is 0 Å². The number of benzene rings is 2. The van der Waals surface area contributed by atoms with Crippen molar-refractivity contribution in [2.75, 3.05) is 5.32 Å². The molecule has 0 saturated heterocycles. The minimum atomic E-state index is -0.672. The van der Waals surface area contributed by atoms with E-state index in [9.17, 15) is 9.59 Å². The van der Waals surface area contributed by atoms with E-state index in [1.807, 2.05) is 24.3 Å². The maximum atomic E-state index is 12.5. The number of amides is 1. The van der Waals surface area contributed by atoms with E-state index < -0.39 is 6.10 Å². The second kappa shape index (κ2) is 8.91. The number of para-hydroxylation sites is 1. The van der Waals surface area contributed by atoms with Gasteiger partial charge in [-0.1, -0.05) is 39.0 Å². The molecule has 28 heavy (non-hydrogen) atoms. The van der Waals surface area contributed by atoms with Crippen molar-refractivity contribution in [2.45, 2.75) is 59.2 Å². The first kappa shape index (κ1) is 21.5. The lowest BCUT2D eigenvalue weighted by molar-refractivity contribution is -0.122. The van der Waals surface area contributed by atoms with Gasteiger partial charge in [0, 0.05) is 5.69 Å². The fraction of sp³-hybridized carbons (Fsp3) is 0.391. The van der Waals surface area contributed by atoms with Crippen molar-refractivity contribution in [3.63, 3.8) is 0 Å². The topological polar surface area (TPSA) is 64.6 Å². The number of carbonyl (C=O) groups is 2. The van der Waals surface area contributed by atoms with Crippen LogP contribution in [0.15, 0.2) is 48.5 Å². The largest absolute Gasteiger partial charge is 0.481 e. The van der Waals surface area contributed by atoms with Crippen LogP contribution in [-0.4, -0.2) is 24.1 Å². The van der Waals surface area contributed by atoms with Crippen LogP contribution >= 0.6 is 0 Å². The molecule has 1 atom stereocenters. The molecule has 150 valence electrons. The molecule has 1 unspecified atom stereocenters. The fourth-order valence-electron chi connectivity index (χ4n) is 2.65. The molecule has 2 rings (SSSR count). The van der Waals surface area contributed by atoms with Crippen molar-refractivity contribution in [1.82, 2.24) is 0 Å². The van der Waals surface area contributed by atoms with Crippen molar-refractivity contribution in [1.29, 1.82) is 0 Å². The van der Waals surface area contributed by atoms with Crippen LogP contribution in [-0.2, 0) is 14.9 Å². The lowest BCUT2D eigenvalue weighted by atomic mass is 9.86. The van der Waals surface area contributed by atoms with Gasteiger partial charge in [0.15, 0.2) is 6.10 Å². The van der Waals surface area contributed by atoms with Crippen LogP contribution < -0.4 is 10.1 Å². The molecule has 0 spiro atoms. The number of hydrogen-bond acceptors (Lipinski definition) is 4. The number of carbonyl (C=O) groups excluding carboxylic acids is 2. The molecule has 0 radical (unpaired) electrons. The Morgan fingerprint density at radius 2 is 1.54 bits per heavy atom. The molecule has 1 N–H and O–H groups in total. The summed E-state index contributed by atoms with van der Waals surface area (Å²) in [4.78, 5) is 24.4. The predicted octanol–water partition coefficient (Wildman–Crippen LogP) is 4.96. The quantitative estimate of drug-likeness (QED) is 0.717. The van der Waals surface area contributed by atoms with Crippen LogP contribution in [0.5, 0.6) is 5.75 Å². The summed E-state index contributed by atoms with van der Waals surface area (Å²) in [5.41, 5.74) is 1.98. The average molecular weight is 383 g/mol. The number of anilines is 1. The minimum absolute atomic E-state index is 0.0901. The number of nitrogens with one attached hydrogen (secondary N) is 1. The Bertz CT molecular complexity index is 819. The van der Waals surface area contributed by atoms with Crippen LogP contribution in [0.25, 0.3) is 0 Å². The Hall–Kier alpha value is -2.82. The van der Waals surface area contributed by atoms with E-state index in [0.29, 0.717) is 17.0 Å². The monoisotopic (exact) mass is 383 g/mol. The fourth-order valence-corrected chi connectivity index (χ4v) is 2.65. The van der Waals surface area contributed by atoms with Gasteiger partial charge in [0.2, 0.25) is 0 Å². The van der Waals surface area contributed by atoms with Crippen molar-refractivity contribution in [3.8, 4) is 5.75 Å². The van der Waals surface area contributed by atoms with Crippen LogP contribution in [0.3, 0.4) is 0 Å². The smallest absolute Gasteiger partial charge is 0.338 e. The Labute approximate surface area is 167 Å². The van der Waals surface area contributed by atoms with Gasteiger partial charge in [-0.3, -0.25) is 4.79 Å². The Balaban J connectivity index is 2.03. The van der Waals surface area contributed by atoms with E-state index in [1.54, 1.807) is 45.0 Å². The molecule has 2 aromatic rings. The molecule has 0 aliphatic carbocycles. The molecular formula is C23H29NO4. The maximum Gasteiger partial charge on any atom is 0.338 e. The first-order valence-electron chi connectivity index (χ1n) is 9.46. The van der Waals surface area contributed by atoms with E-state index in [4.69, 9.17) is 9.47 Å². The van der Waals surface area contributed by atoms with Crippen LogP contribution in [0, 0.1) is 0 Å². The summed E-state index contributed by atoms with van der Waals surface area (Å²) < 4.78 is 11.1. The lowest BCUT2D eigenvalue weighted by Crippen LogP contribution is -2.31. The van der Waals surface area contributed by atoms with Crippen LogP contribution in [0.4, 0.5) is 5.69 Å². The second-order valence-corrected chi connectivity index (χ2v) is 8.03. The zero-order chi connectivity index (χ0) is 20.9. The van der Waals surface area contributed by atoms with Crippen molar-refractivity contribution in [2.24, 2.45) is 0 Å². The Morgan fingerprint density at radius 3 is 2.11 bits per heavy atom. The Morgan fingerprint density at radius 1 is 0.929 bits per heavy atom. The summed E-state index contributed by atoms with van der Waals surface area (Å²) in [7, 11) is 0. The van der Waals surface area contributed by atoms with Gasteiger partial charge in [0.1, 0.15) is 5.75 Å². The molecule has 2 aromatic carbocycles. The molecular weight excluding hydrogens is 354 g/mol. The average Bonchev–Trinajstić information content (AvgIpc) is 2.61. The molecule has 0 aromatic heterocycles. The molecule has 0 aliphatic heterocycles. The number of hydrogen-bond donors (Lipinski definition) is 1. The molecule has 5 nitrogen and oxygen atoms in total. The molecule has 1 amide bonds. The minimum Gasteiger partial charge on any atom is -0.481 e. The molecule has 0 heterocycles. The molecule has 0 bridgehead atoms. The summed E-state index contributed by atoms with van der Waals surface area (Å²) >= 11 is 0. The van der Waals surface area contributed by atoms with E-state index in [0.717, 1.165) is 5.56 Å². The summed E-state index contributed by atoms with van der Waals surface area (Å²) in [6.45, 7) is 11.6. The third kappa shape index (κ3) is 5.84. The number of esters is 1. The zero-order valence-corrected chi connectivity index (χ0v) is 17.4. The van der Waals surface area contributed by atoms with Crippen molar-refractivity contribution in [3.05, 3.63) is 59.7 Å². The third-order valence-electron chi connectivity index (χ3n) is 4.10. The highest BCUT2D eigenvalue weighted by Crippen LogP contribution is 2.31. The van der Waals surface area contributed by atoms with E-state index in [1.165, 1.54) is 0 Å². The Kier molecular flexibility index (Phi) is 6.84. The summed E-state index contributed by atoms with van der Waals surface area (Å²) in [6, 6.07) is 14.3. The van der Waals surface area contributed by atoms with Gasteiger partial charge in [-0.05, 0) is 62.1 Å². The van der Waals surface area contributed by atoms with Crippen LogP contribution in [0.2, 0.25) is 0 Å². The highest BCUT2D eigenvalue weighted by atomic mass is 16.5. The third-order valence-corrected chi connectivity index (χ3v) is 4.10. The number of rotatable bonds is 6. The standard InChI is InChI=1S/C23H29NO4/c1-15(2)27-22(26)17-11-13-18(14-12-17)24-21(25)16(3)28-20-10-8-7-9-19(20)23(4,5)6/h7-16H,1-6H3,(H,24,25). The van der Waals surface area contributed by atoms with E-state index in [-0.39, 0.29) is 23.4 Å². The van der Waals surface area contributed by atoms with Gasteiger partial charge in [-0.25, -0.2) is 4.79 Å².